The lowest BCUT2D eigenvalue weighted by atomic mass is 9.88. The predicted molar refractivity (Wildman–Crippen MR) is 159 cm³/mol. The summed E-state index contributed by atoms with van der Waals surface area (Å²) in [5.41, 5.74) is 1.43. The van der Waals surface area contributed by atoms with Crippen molar-refractivity contribution < 1.29 is 57.8 Å². The van der Waals surface area contributed by atoms with Crippen LogP contribution in [0, 0.1) is 0 Å². The molecule has 0 spiro atoms. The summed E-state index contributed by atoms with van der Waals surface area (Å²) < 4.78 is 35.0. The van der Waals surface area contributed by atoms with Gasteiger partial charge in [-0.2, -0.15) is 0 Å². The zero-order valence-electron chi connectivity index (χ0n) is 25.0. The van der Waals surface area contributed by atoms with Crippen LogP contribution in [0.2, 0.25) is 0 Å². The summed E-state index contributed by atoms with van der Waals surface area (Å²) in [5, 5.41) is 24.5. The second-order valence-corrected chi connectivity index (χ2v) is 11.7. The monoisotopic (exact) mass is 626 g/mol. The predicted octanol–water partition coefficient (Wildman–Crippen LogP) is 4.99. The first-order valence-electron chi connectivity index (χ1n) is 14.6. The fraction of sp³-hybridized carbons (Fsp3) is 0.294. The number of phenolic OH excluding ortho intramolecular Hbond substituents is 2. The third-order valence-electron chi connectivity index (χ3n) is 9.22. The Kier molecular flexibility index (Phi) is 5.77. The minimum absolute atomic E-state index is 0.00550. The molecule has 12 nitrogen and oxygen atoms in total. The molecule has 2 fully saturated rings. The average molecular weight is 627 g/mol. The molecule has 4 atom stereocenters. The number of carbonyl (C=O) groups excluding carboxylic acids is 4. The Morgan fingerprint density at radius 2 is 1.07 bits per heavy atom. The van der Waals surface area contributed by atoms with Gasteiger partial charge in [0.15, 0.2) is 36.0 Å². The van der Waals surface area contributed by atoms with Crippen molar-refractivity contribution >= 4 is 45.0 Å². The van der Waals surface area contributed by atoms with Crippen molar-refractivity contribution in [1.29, 1.82) is 0 Å². The van der Waals surface area contributed by atoms with Crippen LogP contribution in [0.4, 0.5) is 0 Å². The molecule has 4 aromatic rings. The van der Waals surface area contributed by atoms with Crippen LogP contribution in [0.15, 0.2) is 24.3 Å². The van der Waals surface area contributed by atoms with E-state index in [2.05, 4.69) is 0 Å². The fourth-order valence-electron chi connectivity index (χ4n) is 7.47. The van der Waals surface area contributed by atoms with Gasteiger partial charge in [-0.1, -0.05) is 0 Å². The van der Waals surface area contributed by atoms with E-state index < -0.39 is 47.9 Å². The van der Waals surface area contributed by atoms with E-state index in [4.69, 9.17) is 28.4 Å². The van der Waals surface area contributed by atoms with E-state index in [0.29, 0.717) is 44.5 Å². The molecule has 8 rings (SSSR count). The molecule has 0 bridgehead atoms. The van der Waals surface area contributed by atoms with Crippen LogP contribution in [0.1, 0.15) is 70.7 Å². The Morgan fingerprint density at radius 3 is 1.41 bits per heavy atom. The van der Waals surface area contributed by atoms with Crippen LogP contribution in [0.3, 0.4) is 0 Å². The van der Waals surface area contributed by atoms with Crippen molar-refractivity contribution in [3.05, 3.63) is 46.5 Å². The molecule has 0 unspecified atom stereocenters. The minimum Gasteiger partial charge on any atom is -0.506 e. The van der Waals surface area contributed by atoms with Gasteiger partial charge < -0.3 is 38.6 Å². The van der Waals surface area contributed by atoms with Crippen LogP contribution < -0.4 is 18.9 Å². The number of benzene rings is 4. The number of fused-ring (bicyclic) bond motifs is 10. The lowest BCUT2D eigenvalue weighted by Crippen LogP contribution is -2.12. The summed E-state index contributed by atoms with van der Waals surface area (Å²) in [5.74, 6) is -1.54. The molecule has 4 aliphatic heterocycles. The zero-order valence-corrected chi connectivity index (χ0v) is 25.0. The van der Waals surface area contributed by atoms with Crippen molar-refractivity contribution in [2.75, 3.05) is 14.2 Å². The number of ether oxygens (including phenoxy) is 6. The maximum absolute atomic E-state index is 12.9. The second kappa shape index (κ2) is 9.49. The number of phenols is 2. The van der Waals surface area contributed by atoms with Gasteiger partial charge in [-0.15, -0.1) is 0 Å². The van der Waals surface area contributed by atoms with Gasteiger partial charge in [-0.3, -0.25) is 19.2 Å². The molecule has 2 saturated heterocycles. The van der Waals surface area contributed by atoms with Crippen molar-refractivity contribution in [2.24, 2.45) is 0 Å². The Bertz CT molecular complexity index is 1980. The highest BCUT2D eigenvalue weighted by Gasteiger charge is 2.50. The first-order chi connectivity index (χ1) is 22.0. The Labute approximate surface area is 260 Å². The molecule has 46 heavy (non-hydrogen) atoms. The molecule has 0 radical (unpaired) electrons. The quantitative estimate of drug-likeness (QED) is 0.226. The lowest BCUT2D eigenvalue weighted by molar-refractivity contribution is -0.142. The highest BCUT2D eigenvalue weighted by atomic mass is 16.6. The number of Topliss-reactive ketones (excluding diaryl/α,β-unsaturated/α-hetero) is 2. The summed E-state index contributed by atoms with van der Waals surface area (Å²) in [6.45, 7) is 2.61. The molecule has 2 N–H and O–H groups in total. The van der Waals surface area contributed by atoms with E-state index in [0.717, 1.165) is 0 Å². The van der Waals surface area contributed by atoms with Crippen LogP contribution in [-0.2, 0) is 19.1 Å². The highest BCUT2D eigenvalue weighted by molar-refractivity contribution is 6.15. The highest BCUT2D eigenvalue weighted by Crippen LogP contribution is 2.58. The molecule has 4 aromatic carbocycles. The summed E-state index contributed by atoms with van der Waals surface area (Å²) >= 11 is 0. The molecule has 0 saturated carbocycles. The van der Waals surface area contributed by atoms with Crippen molar-refractivity contribution in [3.8, 4) is 45.6 Å². The zero-order chi connectivity index (χ0) is 32.3. The van der Waals surface area contributed by atoms with Crippen molar-refractivity contribution in [1.82, 2.24) is 0 Å². The number of hydrogen-bond acceptors (Lipinski definition) is 12. The third kappa shape index (κ3) is 3.49. The maximum atomic E-state index is 12.9. The number of rotatable bonds is 5. The van der Waals surface area contributed by atoms with Gasteiger partial charge in [0.25, 0.3) is 0 Å². The van der Waals surface area contributed by atoms with Gasteiger partial charge in [0.05, 0.1) is 60.1 Å². The van der Waals surface area contributed by atoms with Crippen LogP contribution >= 0.6 is 0 Å². The lowest BCUT2D eigenvalue weighted by Gasteiger charge is -2.21. The Morgan fingerprint density at radius 1 is 0.674 bits per heavy atom. The summed E-state index contributed by atoms with van der Waals surface area (Å²) in [6, 6.07) is 6.84. The maximum Gasteiger partial charge on any atom is 0.310 e. The first-order valence-corrected chi connectivity index (χ1v) is 14.6. The van der Waals surface area contributed by atoms with Crippen molar-refractivity contribution in [3.63, 3.8) is 0 Å². The van der Waals surface area contributed by atoms with E-state index in [9.17, 15) is 29.4 Å². The number of esters is 2. The van der Waals surface area contributed by atoms with Gasteiger partial charge >= 0.3 is 11.9 Å². The number of methoxy groups -OCH3 is 2. The smallest absolute Gasteiger partial charge is 0.310 e. The van der Waals surface area contributed by atoms with Crippen LogP contribution in [0.25, 0.3) is 32.7 Å². The number of aromatic hydroxyl groups is 2. The normalized spacial score (nSPS) is 22.0. The van der Waals surface area contributed by atoms with Crippen molar-refractivity contribution in [2.45, 2.75) is 51.1 Å². The van der Waals surface area contributed by atoms with Gasteiger partial charge in [0.1, 0.15) is 34.5 Å². The minimum atomic E-state index is -0.826. The van der Waals surface area contributed by atoms with Gasteiger partial charge in [-0.05, 0) is 38.1 Å². The van der Waals surface area contributed by atoms with Gasteiger partial charge in [0, 0.05) is 21.9 Å². The molecule has 0 amide bonds. The van der Waals surface area contributed by atoms with Gasteiger partial charge in [0.2, 0.25) is 0 Å². The molecule has 0 aromatic heterocycles. The summed E-state index contributed by atoms with van der Waals surface area (Å²) in [7, 11) is 2.82. The molecular formula is C34H26O12. The van der Waals surface area contributed by atoms with E-state index in [1.165, 1.54) is 28.1 Å². The molecule has 0 aliphatic carbocycles. The Balaban J connectivity index is 1.40. The standard InChI is InChI=1S/C34H26O12/c1-11(35)21-25-31(43-17-9-19(37)45-33(17)25)15-7-5-13(29(41-3)23(15)27(21)39)14-6-8-16-24(30(14)42-4)28(40)22(12(2)36)26-32(16)44-18-10-20(38)46-34(18)26/h5-8,17-18,33-34,39-40H,9-10H2,1-4H3/t17-,18+,33+,34-. The summed E-state index contributed by atoms with van der Waals surface area (Å²) in [6.07, 6.45) is -2.91. The van der Waals surface area contributed by atoms with E-state index >= 15 is 0 Å². The fourth-order valence-corrected chi connectivity index (χ4v) is 7.47. The van der Waals surface area contributed by atoms with E-state index in [-0.39, 0.29) is 57.7 Å². The molecule has 4 aliphatic rings. The summed E-state index contributed by atoms with van der Waals surface area (Å²) in [4.78, 5) is 49.9. The number of ketones is 2. The van der Waals surface area contributed by atoms with Crippen LogP contribution in [-0.4, -0.2) is 60.1 Å². The second-order valence-electron chi connectivity index (χ2n) is 11.7. The average Bonchev–Trinajstić information content (AvgIpc) is 3.75. The number of hydrogen-bond donors (Lipinski definition) is 2. The first kappa shape index (κ1) is 28.0. The Hall–Kier alpha value is -5.52. The SMILES string of the molecule is COc1c(-c2ccc3c4c(c(C(C)=O)c(O)c3c2OC)[C@@H]2OC(=O)C[C@@H]2O4)ccc2c3c(c(C(C)=O)c(O)c12)[C@H]1OC(=O)C[C@H]1O3. The molecule has 12 heteroatoms. The number of carbonyl (C=O) groups is 4. The molecule has 234 valence electrons. The van der Waals surface area contributed by atoms with E-state index in [1.807, 2.05) is 0 Å². The largest absolute Gasteiger partial charge is 0.506 e. The third-order valence-corrected chi connectivity index (χ3v) is 9.22. The molecular weight excluding hydrogens is 600 g/mol. The van der Waals surface area contributed by atoms with E-state index in [1.54, 1.807) is 24.3 Å². The van der Waals surface area contributed by atoms with Gasteiger partial charge in [-0.25, -0.2) is 0 Å². The molecule has 4 heterocycles. The van der Waals surface area contributed by atoms with Crippen LogP contribution in [0.5, 0.6) is 34.5 Å². The topological polar surface area (TPSA) is 164 Å².